The third-order valence-electron chi connectivity index (χ3n) is 5.12. The Bertz CT molecular complexity index is 502. The maximum Gasteiger partial charge on any atom is 0.124 e. The van der Waals surface area contributed by atoms with E-state index in [1.165, 1.54) is 17.5 Å². The normalized spacial score (nSPS) is 31.8. The highest BCUT2D eigenvalue weighted by atomic mass is 16.5. The molecule has 0 saturated carbocycles. The molecule has 3 atom stereocenters. The summed E-state index contributed by atoms with van der Waals surface area (Å²) in [5.41, 5.74) is 2.66. The molecule has 0 aromatic heterocycles. The van der Waals surface area contributed by atoms with Gasteiger partial charge in [0.25, 0.3) is 0 Å². The number of hydrogen-bond acceptors (Lipinski definition) is 3. The predicted molar refractivity (Wildman–Crippen MR) is 86.8 cm³/mol. The molecule has 2 heterocycles. The molecule has 2 N–H and O–H groups in total. The lowest BCUT2D eigenvalue weighted by atomic mass is 9.75. The maximum atomic E-state index is 6.56. The number of aryl methyl sites for hydroxylation is 1. The number of piperidine rings is 1. The van der Waals surface area contributed by atoms with E-state index in [0.717, 1.165) is 38.2 Å². The van der Waals surface area contributed by atoms with E-state index in [0.29, 0.717) is 12.0 Å². The Morgan fingerprint density at radius 1 is 1.43 bits per heavy atom. The smallest absolute Gasteiger partial charge is 0.124 e. The van der Waals surface area contributed by atoms with Gasteiger partial charge in [0, 0.05) is 30.5 Å². The molecule has 3 nitrogen and oxygen atoms in total. The summed E-state index contributed by atoms with van der Waals surface area (Å²) in [5, 5.41) is 7.24. The number of rotatable bonds is 3. The van der Waals surface area contributed by atoms with E-state index >= 15 is 0 Å². The molecule has 116 valence electrons. The van der Waals surface area contributed by atoms with Crippen molar-refractivity contribution < 1.29 is 4.74 Å². The fourth-order valence-electron chi connectivity index (χ4n) is 3.76. The van der Waals surface area contributed by atoms with Crippen LogP contribution in [-0.2, 0) is 0 Å². The monoisotopic (exact) mass is 288 g/mol. The average molecular weight is 288 g/mol. The van der Waals surface area contributed by atoms with Crippen molar-refractivity contribution in [3.05, 3.63) is 29.3 Å². The highest BCUT2D eigenvalue weighted by Crippen LogP contribution is 2.45. The zero-order valence-corrected chi connectivity index (χ0v) is 13.5. The minimum atomic E-state index is -0.00108. The minimum Gasteiger partial charge on any atom is -0.486 e. The summed E-state index contributed by atoms with van der Waals surface area (Å²) < 4.78 is 6.56. The Kier molecular flexibility index (Phi) is 4.23. The lowest BCUT2D eigenvalue weighted by molar-refractivity contribution is -0.0373. The molecule has 1 spiro atoms. The molecule has 1 aromatic carbocycles. The summed E-state index contributed by atoms with van der Waals surface area (Å²) in [7, 11) is 0. The largest absolute Gasteiger partial charge is 0.486 e. The molecule has 0 aliphatic carbocycles. The van der Waals surface area contributed by atoms with Crippen molar-refractivity contribution in [3.8, 4) is 5.75 Å². The lowest BCUT2D eigenvalue weighted by Gasteiger charge is -2.48. The van der Waals surface area contributed by atoms with E-state index in [4.69, 9.17) is 4.74 Å². The van der Waals surface area contributed by atoms with Gasteiger partial charge in [-0.15, -0.1) is 0 Å². The SMILES string of the molecule is CCCNC1CC2(CCNCC2C)Oc2ccc(C)cc21. The molecule has 1 saturated heterocycles. The van der Waals surface area contributed by atoms with E-state index in [2.05, 4.69) is 49.6 Å². The summed E-state index contributed by atoms with van der Waals surface area (Å²) in [6.07, 6.45) is 3.36. The Balaban J connectivity index is 1.94. The number of fused-ring (bicyclic) bond motifs is 1. The van der Waals surface area contributed by atoms with E-state index < -0.39 is 0 Å². The van der Waals surface area contributed by atoms with Gasteiger partial charge in [-0.25, -0.2) is 0 Å². The van der Waals surface area contributed by atoms with Crippen molar-refractivity contribution in [2.75, 3.05) is 19.6 Å². The molecule has 0 radical (unpaired) electrons. The zero-order chi connectivity index (χ0) is 14.9. The first kappa shape index (κ1) is 14.9. The number of benzene rings is 1. The first-order valence-electron chi connectivity index (χ1n) is 8.38. The van der Waals surface area contributed by atoms with Gasteiger partial charge in [0.05, 0.1) is 0 Å². The zero-order valence-electron chi connectivity index (χ0n) is 13.5. The van der Waals surface area contributed by atoms with Gasteiger partial charge in [0.15, 0.2) is 0 Å². The van der Waals surface area contributed by atoms with Crippen LogP contribution >= 0.6 is 0 Å². The minimum absolute atomic E-state index is 0.00108. The van der Waals surface area contributed by atoms with Gasteiger partial charge in [-0.1, -0.05) is 31.5 Å². The summed E-state index contributed by atoms with van der Waals surface area (Å²) in [4.78, 5) is 0. The van der Waals surface area contributed by atoms with Crippen LogP contribution in [0.1, 0.15) is 50.3 Å². The quantitative estimate of drug-likeness (QED) is 0.896. The van der Waals surface area contributed by atoms with Gasteiger partial charge >= 0.3 is 0 Å². The molecular formula is C18H28N2O. The van der Waals surface area contributed by atoms with E-state index in [9.17, 15) is 0 Å². The maximum absolute atomic E-state index is 6.56. The first-order valence-corrected chi connectivity index (χ1v) is 8.38. The number of hydrogen-bond donors (Lipinski definition) is 2. The fraction of sp³-hybridized carbons (Fsp3) is 0.667. The van der Waals surface area contributed by atoms with Gasteiger partial charge in [0.1, 0.15) is 11.4 Å². The second-order valence-corrected chi connectivity index (χ2v) is 6.77. The second-order valence-electron chi connectivity index (χ2n) is 6.77. The first-order chi connectivity index (χ1) is 10.1. The van der Waals surface area contributed by atoms with Gasteiger partial charge in [-0.2, -0.15) is 0 Å². The van der Waals surface area contributed by atoms with Crippen LogP contribution in [0, 0.1) is 12.8 Å². The molecule has 1 aromatic rings. The van der Waals surface area contributed by atoms with Crippen LogP contribution in [0.4, 0.5) is 0 Å². The van der Waals surface area contributed by atoms with Crippen LogP contribution in [0.3, 0.4) is 0 Å². The van der Waals surface area contributed by atoms with Gasteiger partial charge < -0.3 is 15.4 Å². The summed E-state index contributed by atoms with van der Waals surface area (Å²) in [6.45, 7) is 9.90. The van der Waals surface area contributed by atoms with Crippen molar-refractivity contribution in [3.63, 3.8) is 0 Å². The highest BCUT2D eigenvalue weighted by molar-refractivity contribution is 5.42. The molecule has 3 unspecified atom stereocenters. The molecular weight excluding hydrogens is 260 g/mol. The summed E-state index contributed by atoms with van der Waals surface area (Å²) in [5.74, 6) is 1.64. The van der Waals surface area contributed by atoms with Crippen LogP contribution in [0.2, 0.25) is 0 Å². The van der Waals surface area contributed by atoms with Crippen molar-refractivity contribution in [2.45, 2.75) is 51.7 Å². The van der Waals surface area contributed by atoms with Crippen LogP contribution in [0.25, 0.3) is 0 Å². The summed E-state index contributed by atoms with van der Waals surface area (Å²) in [6, 6.07) is 7.05. The summed E-state index contributed by atoms with van der Waals surface area (Å²) >= 11 is 0. The Morgan fingerprint density at radius 3 is 3.05 bits per heavy atom. The van der Waals surface area contributed by atoms with Crippen LogP contribution in [0.5, 0.6) is 5.75 Å². The van der Waals surface area contributed by atoms with Crippen LogP contribution in [-0.4, -0.2) is 25.2 Å². The number of ether oxygens (including phenoxy) is 1. The molecule has 1 fully saturated rings. The van der Waals surface area contributed by atoms with Crippen molar-refractivity contribution in [1.82, 2.24) is 10.6 Å². The van der Waals surface area contributed by atoms with Crippen LogP contribution < -0.4 is 15.4 Å². The van der Waals surface area contributed by atoms with Crippen molar-refractivity contribution in [1.29, 1.82) is 0 Å². The van der Waals surface area contributed by atoms with E-state index in [-0.39, 0.29) is 5.60 Å². The van der Waals surface area contributed by atoms with Gasteiger partial charge in [-0.3, -0.25) is 0 Å². The Hall–Kier alpha value is -1.06. The molecule has 21 heavy (non-hydrogen) atoms. The standard InChI is InChI=1S/C18H28N2O/c1-4-8-20-16-11-18(7-9-19-12-14(18)3)21-17-6-5-13(2)10-15(16)17/h5-6,10,14,16,19-20H,4,7-9,11-12H2,1-3H3. The average Bonchev–Trinajstić information content (AvgIpc) is 2.49. The van der Waals surface area contributed by atoms with E-state index in [1.54, 1.807) is 0 Å². The molecule has 2 aliphatic heterocycles. The highest BCUT2D eigenvalue weighted by Gasteiger charge is 2.46. The fourth-order valence-corrected chi connectivity index (χ4v) is 3.76. The molecule has 3 rings (SSSR count). The topological polar surface area (TPSA) is 33.3 Å². The Morgan fingerprint density at radius 2 is 2.29 bits per heavy atom. The molecule has 2 aliphatic rings. The molecule has 0 bridgehead atoms. The van der Waals surface area contributed by atoms with Gasteiger partial charge in [0.2, 0.25) is 0 Å². The van der Waals surface area contributed by atoms with Crippen LogP contribution in [0.15, 0.2) is 18.2 Å². The van der Waals surface area contributed by atoms with E-state index in [1.807, 2.05) is 0 Å². The molecule has 0 amide bonds. The number of nitrogens with one attached hydrogen (secondary N) is 2. The van der Waals surface area contributed by atoms with Crippen molar-refractivity contribution >= 4 is 0 Å². The predicted octanol–water partition coefficient (Wildman–Crippen LogP) is 3.19. The third-order valence-corrected chi connectivity index (χ3v) is 5.12. The molecule has 3 heteroatoms. The Labute approximate surface area is 128 Å². The van der Waals surface area contributed by atoms with Gasteiger partial charge in [-0.05, 0) is 38.9 Å². The lowest BCUT2D eigenvalue weighted by Crippen LogP contribution is -2.56. The third kappa shape index (κ3) is 2.82. The second kappa shape index (κ2) is 5.98. The van der Waals surface area contributed by atoms with Crippen molar-refractivity contribution in [2.24, 2.45) is 5.92 Å².